The standard InChI is InChI=1S/C23H25N5O2S/c1-4-13-31-23-26-22-24-15(2)19(21(29)25-17-10-6-5-7-11-17)20(28(22)27-23)16-9-8-12-18(14-16)30-3/h5-12,14,20H,4,13H2,1-3H3,(H,25,29)(H,24,26,27). The van der Waals surface area contributed by atoms with Gasteiger partial charge in [0.25, 0.3) is 5.91 Å². The Hall–Kier alpha value is -3.26. The van der Waals surface area contributed by atoms with Gasteiger partial charge in [-0.25, -0.2) is 4.68 Å². The summed E-state index contributed by atoms with van der Waals surface area (Å²) in [5.41, 5.74) is 2.96. The zero-order chi connectivity index (χ0) is 21.8. The first kappa shape index (κ1) is 21.0. The lowest BCUT2D eigenvalue weighted by molar-refractivity contribution is -0.113. The van der Waals surface area contributed by atoms with Crippen molar-refractivity contribution in [2.24, 2.45) is 0 Å². The van der Waals surface area contributed by atoms with E-state index >= 15 is 0 Å². The topological polar surface area (TPSA) is 81.1 Å². The number of thioether (sulfide) groups is 1. The monoisotopic (exact) mass is 435 g/mol. The third-order valence-electron chi connectivity index (χ3n) is 4.95. The average Bonchev–Trinajstić information content (AvgIpc) is 3.19. The SMILES string of the molecule is CCCSc1nc2n(n1)C(c1cccc(OC)c1)C(C(=O)Nc1ccccc1)=C(C)N2. The third kappa shape index (κ3) is 4.44. The molecule has 1 atom stereocenters. The predicted octanol–water partition coefficient (Wildman–Crippen LogP) is 4.72. The first-order valence-electron chi connectivity index (χ1n) is 10.2. The number of hydrogen-bond donors (Lipinski definition) is 2. The Bertz CT molecular complexity index is 1110. The number of fused-ring (bicyclic) bond motifs is 1. The van der Waals surface area contributed by atoms with Crippen molar-refractivity contribution in [2.75, 3.05) is 23.5 Å². The number of benzene rings is 2. The zero-order valence-corrected chi connectivity index (χ0v) is 18.6. The Labute approximate surface area is 185 Å². The Kier molecular flexibility index (Phi) is 6.27. The summed E-state index contributed by atoms with van der Waals surface area (Å²) in [6, 6.07) is 16.7. The van der Waals surface area contributed by atoms with Gasteiger partial charge >= 0.3 is 0 Å². The third-order valence-corrected chi connectivity index (χ3v) is 6.00. The maximum Gasteiger partial charge on any atom is 0.255 e. The number of nitrogens with one attached hydrogen (secondary N) is 2. The molecule has 3 aromatic rings. The summed E-state index contributed by atoms with van der Waals surface area (Å²) < 4.78 is 7.22. The van der Waals surface area contributed by atoms with Crippen LogP contribution in [0.3, 0.4) is 0 Å². The highest BCUT2D eigenvalue weighted by atomic mass is 32.2. The largest absolute Gasteiger partial charge is 0.497 e. The Morgan fingerprint density at radius 2 is 2.03 bits per heavy atom. The average molecular weight is 436 g/mol. The van der Waals surface area contributed by atoms with Gasteiger partial charge in [-0.1, -0.05) is 49.0 Å². The lowest BCUT2D eigenvalue weighted by Crippen LogP contribution is -2.31. The highest BCUT2D eigenvalue weighted by molar-refractivity contribution is 7.99. The van der Waals surface area contributed by atoms with Crippen molar-refractivity contribution in [3.63, 3.8) is 0 Å². The lowest BCUT2D eigenvalue weighted by atomic mass is 9.95. The summed E-state index contributed by atoms with van der Waals surface area (Å²) in [6.07, 6.45) is 1.03. The van der Waals surface area contributed by atoms with E-state index in [0.717, 1.165) is 34.9 Å². The number of allylic oxidation sites excluding steroid dienone is 1. The number of rotatable bonds is 7. The van der Waals surface area contributed by atoms with Gasteiger partial charge < -0.3 is 15.4 Å². The van der Waals surface area contributed by atoms with Gasteiger partial charge in [-0.15, -0.1) is 5.10 Å². The molecule has 1 aliphatic rings. The van der Waals surface area contributed by atoms with Gasteiger partial charge in [0.15, 0.2) is 0 Å². The zero-order valence-electron chi connectivity index (χ0n) is 17.8. The van der Waals surface area contributed by atoms with E-state index in [0.29, 0.717) is 16.7 Å². The second kappa shape index (κ2) is 9.26. The molecule has 2 heterocycles. The molecule has 7 nitrogen and oxygen atoms in total. The number of para-hydroxylation sites is 1. The molecule has 0 bridgehead atoms. The van der Waals surface area contributed by atoms with E-state index in [9.17, 15) is 4.79 Å². The summed E-state index contributed by atoms with van der Waals surface area (Å²) in [4.78, 5) is 18.0. The molecule has 0 aliphatic carbocycles. The van der Waals surface area contributed by atoms with E-state index in [1.165, 1.54) is 0 Å². The van der Waals surface area contributed by atoms with Crippen LogP contribution >= 0.6 is 11.8 Å². The molecule has 1 amide bonds. The molecule has 1 aromatic heterocycles. The molecule has 4 rings (SSSR count). The first-order chi connectivity index (χ1) is 15.1. The van der Waals surface area contributed by atoms with Gasteiger partial charge in [-0.05, 0) is 43.2 Å². The van der Waals surface area contributed by atoms with E-state index in [1.807, 2.05) is 61.5 Å². The maximum absolute atomic E-state index is 13.4. The number of aromatic nitrogens is 3. The summed E-state index contributed by atoms with van der Waals surface area (Å²) in [5, 5.41) is 11.7. The van der Waals surface area contributed by atoms with Crippen molar-refractivity contribution in [3.8, 4) is 5.75 Å². The Morgan fingerprint density at radius 3 is 2.77 bits per heavy atom. The predicted molar refractivity (Wildman–Crippen MR) is 124 cm³/mol. The number of ether oxygens (including phenoxy) is 1. The Balaban J connectivity index is 1.77. The van der Waals surface area contributed by atoms with Crippen LogP contribution in [0.4, 0.5) is 11.6 Å². The van der Waals surface area contributed by atoms with Crippen LogP contribution in [-0.4, -0.2) is 33.5 Å². The van der Waals surface area contributed by atoms with E-state index < -0.39 is 6.04 Å². The fourth-order valence-electron chi connectivity index (χ4n) is 3.52. The van der Waals surface area contributed by atoms with E-state index in [1.54, 1.807) is 23.6 Å². The van der Waals surface area contributed by atoms with Crippen LogP contribution in [0.5, 0.6) is 5.75 Å². The van der Waals surface area contributed by atoms with Crippen molar-refractivity contribution >= 4 is 29.3 Å². The van der Waals surface area contributed by atoms with Gasteiger partial charge in [0.1, 0.15) is 11.8 Å². The molecule has 2 aromatic carbocycles. The van der Waals surface area contributed by atoms with Gasteiger partial charge in [-0.2, -0.15) is 4.98 Å². The highest BCUT2D eigenvalue weighted by Gasteiger charge is 2.34. The number of amides is 1. The maximum atomic E-state index is 13.4. The smallest absolute Gasteiger partial charge is 0.255 e. The molecule has 0 radical (unpaired) electrons. The molecule has 1 aliphatic heterocycles. The fraction of sp³-hybridized carbons (Fsp3) is 0.261. The number of hydrogen-bond acceptors (Lipinski definition) is 6. The molecular weight excluding hydrogens is 410 g/mol. The van der Waals surface area contributed by atoms with Crippen LogP contribution in [0.25, 0.3) is 0 Å². The van der Waals surface area contributed by atoms with Crippen LogP contribution in [0.2, 0.25) is 0 Å². The van der Waals surface area contributed by atoms with Crippen molar-refractivity contribution in [1.29, 1.82) is 0 Å². The van der Waals surface area contributed by atoms with E-state index in [-0.39, 0.29) is 5.91 Å². The second-order valence-electron chi connectivity index (χ2n) is 7.17. The van der Waals surface area contributed by atoms with E-state index in [4.69, 9.17) is 9.84 Å². The van der Waals surface area contributed by atoms with Crippen molar-refractivity contribution < 1.29 is 9.53 Å². The normalized spacial score (nSPS) is 15.3. The molecule has 2 N–H and O–H groups in total. The minimum absolute atomic E-state index is 0.187. The minimum atomic E-state index is -0.432. The number of methoxy groups -OCH3 is 1. The van der Waals surface area contributed by atoms with Crippen molar-refractivity contribution in [3.05, 3.63) is 71.4 Å². The number of anilines is 2. The molecule has 1 unspecified atom stereocenters. The van der Waals surface area contributed by atoms with Crippen LogP contribution in [0.1, 0.15) is 31.9 Å². The van der Waals surface area contributed by atoms with Gasteiger partial charge in [0.2, 0.25) is 11.1 Å². The van der Waals surface area contributed by atoms with Gasteiger partial charge in [-0.3, -0.25) is 4.79 Å². The summed E-state index contributed by atoms with van der Waals surface area (Å²) in [7, 11) is 1.63. The molecule has 0 fully saturated rings. The molecular formula is C23H25N5O2S. The molecule has 0 spiro atoms. The fourth-order valence-corrected chi connectivity index (χ4v) is 4.20. The second-order valence-corrected chi connectivity index (χ2v) is 8.24. The van der Waals surface area contributed by atoms with Gasteiger partial charge in [0.05, 0.1) is 12.7 Å². The van der Waals surface area contributed by atoms with Crippen LogP contribution in [0.15, 0.2) is 71.0 Å². The molecule has 0 saturated heterocycles. The number of carbonyl (C=O) groups excluding carboxylic acids is 1. The first-order valence-corrected chi connectivity index (χ1v) is 11.2. The number of carbonyl (C=O) groups is 1. The molecule has 0 saturated carbocycles. The molecule has 160 valence electrons. The minimum Gasteiger partial charge on any atom is -0.497 e. The van der Waals surface area contributed by atoms with Crippen LogP contribution < -0.4 is 15.4 Å². The number of nitrogens with zero attached hydrogens (tertiary/aromatic N) is 3. The quantitative estimate of drug-likeness (QED) is 0.523. The van der Waals surface area contributed by atoms with E-state index in [2.05, 4.69) is 22.5 Å². The summed E-state index contributed by atoms with van der Waals surface area (Å²) in [6.45, 7) is 4.02. The van der Waals surface area contributed by atoms with Crippen LogP contribution in [0, 0.1) is 0 Å². The summed E-state index contributed by atoms with van der Waals surface area (Å²) >= 11 is 1.61. The summed E-state index contributed by atoms with van der Waals surface area (Å²) in [5.74, 6) is 2.09. The molecule has 8 heteroatoms. The Morgan fingerprint density at radius 1 is 1.23 bits per heavy atom. The van der Waals surface area contributed by atoms with Crippen molar-refractivity contribution in [1.82, 2.24) is 14.8 Å². The van der Waals surface area contributed by atoms with Gasteiger partial charge in [0, 0.05) is 17.1 Å². The van der Waals surface area contributed by atoms with Crippen molar-refractivity contribution in [2.45, 2.75) is 31.5 Å². The van der Waals surface area contributed by atoms with Crippen LogP contribution in [-0.2, 0) is 4.79 Å². The highest BCUT2D eigenvalue weighted by Crippen LogP contribution is 2.37. The molecule has 31 heavy (non-hydrogen) atoms. The lowest BCUT2D eigenvalue weighted by Gasteiger charge is -2.28.